The number of alkyl halides is 7. The molecule has 0 aliphatic carbocycles. The smallest absolute Gasteiger partial charge is 0.287 e. The Morgan fingerprint density at radius 2 is 1.63 bits per heavy atom. The summed E-state index contributed by atoms with van der Waals surface area (Å²) in [5, 5.41) is -0.428. The van der Waals surface area contributed by atoms with Crippen LogP contribution in [0.15, 0.2) is 0 Å². The van der Waals surface area contributed by atoms with Gasteiger partial charge in [-0.15, -0.1) is 0 Å². The van der Waals surface area contributed by atoms with Crippen molar-refractivity contribution in [3.63, 3.8) is 0 Å². The van der Waals surface area contributed by atoms with Crippen LogP contribution in [0.5, 0.6) is 0 Å². The summed E-state index contributed by atoms with van der Waals surface area (Å²) in [6.07, 6.45) is -4.50. The second-order valence-electron chi connectivity index (χ2n) is 3.92. The van der Waals surface area contributed by atoms with Crippen molar-refractivity contribution >= 4 is 16.9 Å². The molecule has 0 aromatic heterocycles. The molecule has 9 heteroatoms. The van der Waals surface area contributed by atoms with Crippen molar-refractivity contribution in [2.45, 2.75) is 50.6 Å². The van der Waals surface area contributed by atoms with Gasteiger partial charge < -0.3 is 0 Å². The molecule has 1 unspecified atom stereocenters. The molecule has 0 amide bonds. The number of hydrogen-bond acceptors (Lipinski definition) is 2. The summed E-state index contributed by atoms with van der Waals surface area (Å²) in [5.41, 5.74) is 0. The van der Waals surface area contributed by atoms with Crippen molar-refractivity contribution in [2.75, 3.05) is 5.75 Å². The van der Waals surface area contributed by atoms with Crippen LogP contribution >= 0.6 is 11.8 Å². The Bertz CT molecular complexity index is 313. The van der Waals surface area contributed by atoms with Gasteiger partial charge in [-0.05, 0) is 6.42 Å². The summed E-state index contributed by atoms with van der Waals surface area (Å²) in [5.74, 6) is -16.8. The fraction of sp³-hybridized carbons (Fsp3) is 0.900. The highest BCUT2D eigenvalue weighted by atomic mass is 32.2. The zero-order valence-electron chi connectivity index (χ0n) is 10.2. The van der Waals surface area contributed by atoms with Crippen LogP contribution in [0, 0.1) is 0 Å². The molecule has 0 spiro atoms. The van der Waals surface area contributed by atoms with Gasteiger partial charge in [0.25, 0.3) is 0 Å². The molecule has 114 valence electrons. The molecule has 19 heavy (non-hydrogen) atoms. The van der Waals surface area contributed by atoms with E-state index in [1.807, 2.05) is 0 Å². The normalized spacial score (nSPS) is 15.4. The van der Waals surface area contributed by atoms with E-state index in [2.05, 4.69) is 0 Å². The molecule has 1 nitrogen and oxygen atoms in total. The van der Waals surface area contributed by atoms with Crippen LogP contribution in [0.1, 0.15) is 26.7 Å². The van der Waals surface area contributed by atoms with E-state index in [0.29, 0.717) is 11.8 Å². The highest BCUT2D eigenvalue weighted by Gasteiger charge is 2.72. The average molecular weight is 314 g/mol. The van der Waals surface area contributed by atoms with Crippen LogP contribution in [-0.4, -0.2) is 34.8 Å². The van der Waals surface area contributed by atoms with Crippen LogP contribution in [-0.2, 0) is 4.79 Å². The first-order valence-electron chi connectivity index (χ1n) is 5.31. The first kappa shape index (κ1) is 18.5. The fourth-order valence-electron chi connectivity index (χ4n) is 1.05. The molecular weight excluding hydrogens is 301 g/mol. The van der Waals surface area contributed by atoms with Crippen LogP contribution in [0.4, 0.5) is 30.7 Å². The summed E-state index contributed by atoms with van der Waals surface area (Å²) in [4.78, 5) is 10.8. The van der Waals surface area contributed by atoms with Gasteiger partial charge in [-0.25, -0.2) is 4.39 Å². The predicted molar refractivity (Wildman–Crippen MR) is 57.8 cm³/mol. The Balaban J connectivity index is 4.68. The molecular formula is C10H13F7OS. The minimum absolute atomic E-state index is 0.0706. The van der Waals surface area contributed by atoms with Crippen molar-refractivity contribution in [1.29, 1.82) is 0 Å². The van der Waals surface area contributed by atoms with Crippen molar-refractivity contribution in [1.82, 2.24) is 0 Å². The Labute approximate surface area is 109 Å². The number of halogens is 7. The monoisotopic (exact) mass is 314 g/mol. The Hall–Kier alpha value is -0.470. The third-order valence-corrected chi connectivity index (χ3v) is 3.34. The van der Waals surface area contributed by atoms with Crippen LogP contribution < -0.4 is 0 Å². The number of carbonyl (C=O) groups excluding carboxylic acids is 1. The van der Waals surface area contributed by atoms with Gasteiger partial charge in [-0.2, -0.15) is 26.3 Å². The molecule has 0 fully saturated rings. The number of rotatable bonds is 7. The Kier molecular flexibility index (Phi) is 6.16. The number of thioether (sulfide) groups is 1. The largest absolute Gasteiger partial charge is 0.374 e. The predicted octanol–water partition coefficient (Wildman–Crippen LogP) is 4.31. The van der Waals surface area contributed by atoms with E-state index < -0.39 is 48.2 Å². The van der Waals surface area contributed by atoms with E-state index in [-0.39, 0.29) is 6.42 Å². The van der Waals surface area contributed by atoms with Gasteiger partial charge in [0.2, 0.25) is 0 Å². The van der Waals surface area contributed by atoms with E-state index in [1.165, 1.54) is 6.92 Å². The summed E-state index contributed by atoms with van der Waals surface area (Å²) in [6.45, 7) is 1.08. The molecule has 0 rings (SSSR count). The topological polar surface area (TPSA) is 17.1 Å². The average Bonchev–Trinajstić information content (AvgIpc) is 2.26. The lowest BCUT2D eigenvalue weighted by atomic mass is 10.00. The van der Waals surface area contributed by atoms with Gasteiger partial charge >= 0.3 is 17.8 Å². The van der Waals surface area contributed by atoms with E-state index in [9.17, 15) is 35.5 Å². The molecule has 0 aliphatic rings. The summed E-state index contributed by atoms with van der Waals surface area (Å²) < 4.78 is 89.5. The molecule has 0 saturated heterocycles. The molecule has 0 aromatic carbocycles. The standard InChI is InChI=1S/C10H13F7OS/c1-3-7(18)19-5-4-6(11)9(14,15)10(16,17)8(2,12)13/h6H,3-5H2,1-2H3. The summed E-state index contributed by atoms with van der Waals surface area (Å²) >= 11 is 0.494. The minimum atomic E-state index is -5.79. The highest BCUT2D eigenvalue weighted by Crippen LogP contribution is 2.48. The van der Waals surface area contributed by atoms with Gasteiger partial charge in [-0.3, -0.25) is 4.79 Å². The second kappa shape index (κ2) is 6.32. The zero-order chi connectivity index (χ0) is 15.5. The second-order valence-corrected chi connectivity index (χ2v) is 5.07. The SMILES string of the molecule is CCC(=O)SCCC(F)C(F)(F)C(F)(F)C(C)(F)F. The van der Waals surface area contributed by atoms with E-state index in [0.717, 1.165) is 0 Å². The Morgan fingerprint density at radius 3 is 2.00 bits per heavy atom. The molecule has 0 bridgehead atoms. The highest BCUT2D eigenvalue weighted by molar-refractivity contribution is 8.13. The van der Waals surface area contributed by atoms with Crippen LogP contribution in [0.2, 0.25) is 0 Å². The maximum atomic E-state index is 13.1. The summed E-state index contributed by atoms with van der Waals surface area (Å²) in [7, 11) is 0. The third kappa shape index (κ3) is 4.25. The molecule has 0 N–H and O–H groups in total. The number of carbonyl (C=O) groups is 1. The van der Waals surface area contributed by atoms with Gasteiger partial charge in [0, 0.05) is 19.1 Å². The van der Waals surface area contributed by atoms with Crippen molar-refractivity contribution in [3.8, 4) is 0 Å². The van der Waals surface area contributed by atoms with Gasteiger partial charge in [-0.1, -0.05) is 18.7 Å². The van der Waals surface area contributed by atoms with E-state index >= 15 is 0 Å². The third-order valence-electron chi connectivity index (χ3n) is 2.29. The lowest BCUT2D eigenvalue weighted by Crippen LogP contribution is -2.57. The number of hydrogen-bond donors (Lipinski definition) is 0. The fourth-order valence-corrected chi connectivity index (χ4v) is 1.81. The first-order valence-corrected chi connectivity index (χ1v) is 6.29. The molecule has 1 atom stereocenters. The zero-order valence-corrected chi connectivity index (χ0v) is 11.0. The van der Waals surface area contributed by atoms with E-state index in [1.54, 1.807) is 0 Å². The minimum Gasteiger partial charge on any atom is -0.287 e. The van der Waals surface area contributed by atoms with Gasteiger partial charge in [0.15, 0.2) is 11.3 Å². The summed E-state index contributed by atoms with van der Waals surface area (Å²) in [6, 6.07) is 0. The van der Waals surface area contributed by atoms with E-state index in [4.69, 9.17) is 0 Å². The van der Waals surface area contributed by atoms with Crippen LogP contribution in [0.3, 0.4) is 0 Å². The molecule has 0 radical (unpaired) electrons. The van der Waals surface area contributed by atoms with Gasteiger partial charge in [0.1, 0.15) is 0 Å². The molecule has 0 aliphatic heterocycles. The maximum Gasteiger partial charge on any atom is 0.374 e. The van der Waals surface area contributed by atoms with Crippen molar-refractivity contribution < 1.29 is 35.5 Å². The lowest BCUT2D eigenvalue weighted by molar-refractivity contribution is -0.319. The maximum absolute atomic E-state index is 13.1. The molecule has 0 saturated carbocycles. The Morgan fingerprint density at radius 1 is 1.16 bits per heavy atom. The van der Waals surface area contributed by atoms with Crippen molar-refractivity contribution in [2.24, 2.45) is 0 Å². The first-order chi connectivity index (χ1) is 8.38. The van der Waals surface area contributed by atoms with Gasteiger partial charge in [0.05, 0.1) is 0 Å². The molecule has 0 heterocycles. The van der Waals surface area contributed by atoms with Crippen LogP contribution in [0.25, 0.3) is 0 Å². The molecule has 0 aromatic rings. The lowest BCUT2D eigenvalue weighted by Gasteiger charge is -2.32. The quantitative estimate of drug-likeness (QED) is 0.651. The van der Waals surface area contributed by atoms with Crippen molar-refractivity contribution in [3.05, 3.63) is 0 Å².